The van der Waals surface area contributed by atoms with Gasteiger partial charge in [0.2, 0.25) is 15.9 Å². The molecule has 2 atom stereocenters. The van der Waals surface area contributed by atoms with Crippen molar-refractivity contribution in [1.29, 1.82) is 0 Å². The molecule has 0 bridgehead atoms. The second-order valence-corrected chi connectivity index (χ2v) is 9.70. The maximum atomic E-state index is 12.6. The van der Waals surface area contributed by atoms with E-state index in [-0.39, 0.29) is 18.4 Å². The second kappa shape index (κ2) is 7.66. The van der Waals surface area contributed by atoms with E-state index >= 15 is 0 Å². The van der Waals surface area contributed by atoms with Gasteiger partial charge in [-0.1, -0.05) is 30.3 Å². The van der Waals surface area contributed by atoms with Crippen molar-refractivity contribution in [2.75, 3.05) is 39.0 Å². The summed E-state index contributed by atoms with van der Waals surface area (Å²) < 4.78 is 25.2. The van der Waals surface area contributed by atoms with Crippen LogP contribution in [-0.4, -0.2) is 67.7 Å². The van der Waals surface area contributed by atoms with Crippen molar-refractivity contribution in [1.82, 2.24) is 9.21 Å². The number of fused-ring (bicyclic) bond motifs is 1. The topological polar surface area (TPSA) is 77.9 Å². The van der Waals surface area contributed by atoms with E-state index in [0.29, 0.717) is 32.6 Å². The number of hydrogen-bond donors (Lipinski definition) is 1. The molecule has 6 nitrogen and oxygen atoms in total. The van der Waals surface area contributed by atoms with Crippen molar-refractivity contribution in [3.63, 3.8) is 0 Å². The van der Waals surface area contributed by atoms with E-state index in [9.17, 15) is 18.3 Å². The Bertz CT molecular complexity index is 737. The highest BCUT2D eigenvalue weighted by molar-refractivity contribution is 7.88. The number of nitrogens with zero attached hydrogens (tertiary/aromatic N) is 2. The van der Waals surface area contributed by atoms with Crippen LogP contribution in [0.4, 0.5) is 0 Å². The van der Waals surface area contributed by atoms with Gasteiger partial charge in [-0.3, -0.25) is 4.79 Å². The molecule has 2 saturated heterocycles. The first kappa shape index (κ1) is 19.3. The van der Waals surface area contributed by atoms with Crippen LogP contribution in [0.25, 0.3) is 0 Å². The summed E-state index contributed by atoms with van der Waals surface area (Å²) in [5.41, 5.74) is 0.710. The number of piperidine rings is 1. The van der Waals surface area contributed by atoms with Crippen molar-refractivity contribution >= 4 is 15.9 Å². The lowest BCUT2D eigenvalue weighted by molar-refractivity contribution is -0.136. The van der Waals surface area contributed by atoms with E-state index in [2.05, 4.69) is 12.1 Å². The van der Waals surface area contributed by atoms with E-state index in [1.165, 1.54) is 16.1 Å². The normalized spacial score (nSPS) is 26.7. The predicted molar refractivity (Wildman–Crippen MR) is 100 cm³/mol. The molecule has 0 aromatic heterocycles. The van der Waals surface area contributed by atoms with Gasteiger partial charge in [-0.25, -0.2) is 12.7 Å². The number of aliphatic hydroxyl groups is 1. The lowest BCUT2D eigenvalue weighted by Gasteiger charge is -2.43. The molecule has 2 aliphatic rings. The number of benzene rings is 1. The fourth-order valence-corrected chi connectivity index (χ4v) is 5.22. The van der Waals surface area contributed by atoms with Gasteiger partial charge in [-0.15, -0.1) is 0 Å². The van der Waals surface area contributed by atoms with Crippen LogP contribution in [0.3, 0.4) is 0 Å². The van der Waals surface area contributed by atoms with Crippen molar-refractivity contribution in [2.24, 2.45) is 11.3 Å². The molecule has 1 aromatic rings. The Morgan fingerprint density at radius 3 is 2.65 bits per heavy atom. The first-order valence-corrected chi connectivity index (χ1v) is 11.1. The van der Waals surface area contributed by atoms with Gasteiger partial charge in [0, 0.05) is 38.0 Å². The number of aliphatic hydroxyl groups excluding tert-OH is 1. The molecule has 2 heterocycles. The predicted octanol–water partition coefficient (Wildman–Crippen LogP) is 1.11. The summed E-state index contributed by atoms with van der Waals surface area (Å²) >= 11 is 0. The number of carbonyl (C=O) groups excluding carboxylic acids is 1. The highest BCUT2D eigenvalue weighted by Gasteiger charge is 2.52. The number of amides is 1. The molecule has 0 radical (unpaired) electrons. The average Bonchev–Trinajstić information content (AvgIpc) is 3.02. The Balaban J connectivity index is 1.58. The van der Waals surface area contributed by atoms with Crippen LogP contribution in [0.2, 0.25) is 0 Å². The minimum atomic E-state index is -3.27. The van der Waals surface area contributed by atoms with Gasteiger partial charge in [0.15, 0.2) is 0 Å². The number of rotatable bonds is 6. The molecular weight excluding hydrogens is 352 g/mol. The monoisotopic (exact) mass is 380 g/mol. The molecular formula is C19H28N2O4S. The lowest BCUT2D eigenvalue weighted by atomic mass is 9.74. The van der Waals surface area contributed by atoms with Crippen LogP contribution in [0, 0.1) is 11.3 Å². The fraction of sp³-hybridized carbons (Fsp3) is 0.632. The number of aryl methyl sites for hydroxylation is 1. The minimum absolute atomic E-state index is 0.0858. The summed E-state index contributed by atoms with van der Waals surface area (Å²) in [6.45, 7) is 1.77. The van der Waals surface area contributed by atoms with Gasteiger partial charge in [0.05, 0.1) is 12.9 Å². The third kappa shape index (κ3) is 4.10. The molecule has 0 spiro atoms. The smallest absolute Gasteiger partial charge is 0.222 e. The standard InChI is InChI=1S/C19H28N2O4S/c1-26(24,25)21-12-17-10-11-20(13-19(17,14-21)15-22)18(23)9-5-8-16-6-3-2-4-7-16/h2-4,6-7,17,22H,5,8-15H2,1H3/t17-,19+/m1/s1. The van der Waals surface area contributed by atoms with E-state index in [1.807, 2.05) is 23.1 Å². The highest BCUT2D eigenvalue weighted by Crippen LogP contribution is 2.42. The molecule has 2 aliphatic heterocycles. The Morgan fingerprint density at radius 2 is 2.00 bits per heavy atom. The molecule has 26 heavy (non-hydrogen) atoms. The maximum absolute atomic E-state index is 12.6. The number of carbonyl (C=O) groups is 1. The average molecular weight is 381 g/mol. The van der Waals surface area contributed by atoms with Crippen LogP contribution in [0.15, 0.2) is 30.3 Å². The van der Waals surface area contributed by atoms with Crippen LogP contribution >= 0.6 is 0 Å². The van der Waals surface area contributed by atoms with E-state index in [0.717, 1.165) is 19.3 Å². The summed E-state index contributed by atoms with van der Waals surface area (Å²) in [4.78, 5) is 14.4. The quantitative estimate of drug-likeness (QED) is 0.802. The highest BCUT2D eigenvalue weighted by atomic mass is 32.2. The van der Waals surface area contributed by atoms with Crippen molar-refractivity contribution in [2.45, 2.75) is 25.7 Å². The zero-order valence-electron chi connectivity index (χ0n) is 15.3. The van der Waals surface area contributed by atoms with Gasteiger partial charge in [0.25, 0.3) is 0 Å². The SMILES string of the molecule is CS(=O)(=O)N1C[C@H]2CCN(C(=O)CCCc3ccccc3)C[C@@]2(CO)C1. The molecule has 1 N–H and O–H groups in total. The molecule has 1 amide bonds. The van der Waals surface area contributed by atoms with Crippen molar-refractivity contribution in [3.05, 3.63) is 35.9 Å². The minimum Gasteiger partial charge on any atom is -0.396 e. The zero-order chi connectivity index (χ0) is 18.8. The van der Waals surface area contributed by atoms with Crippen LogP contribution in [0.5, 0.6) is 0 Å². The van der Waals surface area contributed by atoms with E-state index < -0.39 is 15.4 Å². The Kier molecular flexibility index (Phi) is 5.69. The first-order valence-electron chi connectivity index (χ1n) is 9.22. The molecule has 0 aliphatic carbocycles. The summed E-state index contributed by atoms with van der Waals surface area (Å²) in [6.07, 6.45) is 4.11. The van der Waals surface area contributed by atoms with Crippen LogP contribution in [-0.2, 0) is 21.2 Å². The van der Waals surface area contributed by atoms with Gasteiger partial charge in [0.1, 0.15) is 0 Å². The molecule has 144 valence electrons. The van der Waals surface area contributed by atoms with Gasteiger partial charge in [-0.2, -0.15) is 0 Å². The lowest BCUT2D eigenvalue weighted by Crippen LogP contribution is -2.52. The van der Waals surface area contributed by atoms with Crippen molar-refractivity contribution in [3.8, 4) is 0 Å². The molecule has 7 heteroatoms. The second-order valence-electron chi connectivity index (χ2n) is 7.72. The Morgan fingerprint density at radius 1 is 1.27 bits per heavy atom. The Hall–Kier alpha value is -1.44. The summed E-state index contributed by atoms with van der Waals surface area (Å²) in [6, 6.07) is 10.1. The molecule has 3 rings (SSSR count). The zero-order valence-corrected chi connectivity index (χ0v) is 16.1. The molecule has 2 fully saturated rings. The van der Waals surface area contributed by atoms with E-state index in [4.69, 9.17) is 0 Å². The van der Waals surface area contributed by atoms with Crippen LogP contribution < -0.4 is 0 Å². The molecule has 0 unspecified atom stereocenters. The number of hydrogen-bond acceptors (Lipinski definition) is 4. The first-order chi connectivity index (χ1) is 12.3. The maximum Gasteiger partial charge on any atom is 0.222 e. The summed E-state index contributed by atoms with van der Waals surface area (Å²) in [7, 11) is -3.27. The summed E-state index contributed by atoms with van der Waals surface area (Å²) in [5.74, 6) is 0.223. The van der Waals surface area contributed by atoms with E-state index in [1.54, 1.807) is 0 Å². The number of likely N-dealkylation sites (tertiary alicyclic amines) is 1. The van der Waals surface area contributed by atoms with Gasteiger partial charge < -0.3 is 10.0 Å². The van der Waals surface area contributed by atoms with Crippen molar-refractivity contribution < 1.29 is 18.3 Å². The molecule has 0 saturated carbocycles. The molecule has 1 aromatic carbocycles. The fourth-order valence-electron chi connectivity index (χ4n) is 4.27. The van der Waals surface area contributed by atoms with Crippen LogP contribution in [0.1, 0.15) is 24.8 Å². The number of sulfonamides is 1. The third-order valence-electron chi connectivity index (χ3n) is 5.87. The van der Waals surface area contributed by atoms with Gasteiger partial charge in [-0.05, 0) is 30.7 Å². The Labute approximate surface area is 155 Å². The summed E-state index contributed by atoms with van der Waals surface area (Å²) in [5, 5.41) is 10.0. The third-order valence-corrected chi connectivity index (χ3v) is 7.09. The van der Waals surface area contributed by atoms with Gasteiger partial charge >= 0.3 is 0 Å². The largest absolute Gasteiger partial charge is 0.396 e.